The first-order valence-corrected chi connectivity index (χ1v) is 7.49. The van der Waals surface area contributed by atoms with Gasteiger partial charge in [-0.15, -0.1) is 0 Å². The first-order valence-electron chi connectivity index (χ1n) is 7.08. The largest absolute Gasteiger partial charge is 0.467 e. The molecule has 1 aromatic rings. The number of nitrogens with zero attached hydrogens (tertiary/aromatic N) is 1. The average Bonchev–Trinajstić information content (AvgIpc) is 2.59. The van der Waals surface area contributed by atoms with Crippen LogP contribution in [0.5, 0.6) is 0 Å². The highest BCUT2D eigenvalue weighted by Crippen LogP contribution is 2.33. The van der Waals surface area contributed by atoms with Crippen molar-refractivity contribution in [2.75, 3.05) is 7.11 Å². The van der Waals surface area contributed by atoms with Crippen LogP contribution in [0.15, 0.2) is 30.3 Å². The van der Waals surface area contributed by atoms with Gasteiger partial charge in [0.05, 0.1) is 19.1 Å². The van der Waals surface area contributed by atoms with E-state index in [-0.39, 0.29) is 5.11 Å². The van der Waals surface area contributed by atoms with E-state index in [2.05, 4.69) is 10.6 Å². The Bertz CT molecular complexity index is 743. The van der Waals surface area contributed by atoms with Crippen molar-refractivity contribution in [3.8, 4) is 6.07 Å². The van der Waals surface area contributed by atoms with Crippen molar-refractivity contribution in [1.82, 2.24) is 10.6 Å². The number of benzene rings is 1. The van der Waals surface area contributed by atoms with Gasteiger partial charge in [0.1, 0.15) is 0 Å². The van der Waals surface area contributed by atoms with Gasteiger partial charge in [-0.3, -0.25) is 9.59 Å². The second-order valence-electron chi connectivity index (χ2n) is 5.32. The zero-order valence-electron chi connectivity index (χ0n) is 13.0. The molecule has 24 heavy (non-hydrogen) atoms. The molecule has 0 aliphatic carbocycles. The standard InChI is InChI=1S/C16H15N3O4S/c1-9(12(20)10-6-4-3-5-7-10)16(14(22)23-2)11(8-17)13(21)18-15(24)19-16/h3-7,9,11H,1-2H3,(H2,18,19,21,24)/t9-,11-,16+/m1/s1. The van der Waals surface area contributed by atoms with Crippen molar-refractivity contribution in [2.45, 2.75) is 12.5 Å². The minimum atomic E-state index is -1.89. The normalized spacial score (nSPS) is 24.1. The van der Waals surface area contributed by atoms with Gasteiger partial charge in [-0.25, -0.2) is 4.79 Å². The zero-order valence-corrected chi connectivity index (χ0v) is 13.8. The van der Waals surface area contributed by atoms with Crippen LogP contribution in [0.1, 0.15) is 17.3 Å². The van der Waals surface area contributed by atoms with Crippen molar-refractivity contribution in [3.05, 3.63) is 35.9 Å². The van der Waals surface area contributed by atoms with Gasteiger partial charge in [0.25, 0.3) is 0 Å². The van der Waals surface area contributed by atoms with E-state index in [1.165, 1.54) is 6.92 Å². The fourth-order valence-electron chi connectivity index (χ4n) is 2.77. The molecule has 1 aliphatic rings. The van der Waals surface area contributed by atoms with E-state index in [9.17, 15) is 19.6 Å². The van der Waals surface area contributed by atoms with E-state index in [1.807, 2.05) is 0 Å². The van der Waals surface area contributed by atoms with E-state index < -0.39 is 35.0 Å². The molecule has 0 unspecified atom stereocenters. The minimum absolute atomic E-state index is 0.135. The summed E-state index contributed by atoms with van der Waals surface area (Å²) < 4.78 is 4.78. The maximum atomic E-state index is 12.8. The highest BCUT2D eigenvalue weighted by Gasteiger charge is 2.59. The van der Waals surface area contributed by atoms with Crippen LogP contribution in [0.3, 0.4) is 0 Å². The third kappa shape index (κ3) is 2.74. The lowest BCUT2D eigenvalue weighted by Gasteiger charge is -2.42. The molecule has 2 N–H and O–H groups in total. The number of nitrogens with one attached hydrogen (secondary N) is 2. The van der Waals surface area contributed by atoms with Gasteiger partial charge in [0.2, 0.25) is 5.91 Å². The van der Waals surface area contributed by atoms with Crippen molar-refractivity contribution in [1.29, 1.82) is 5.26 Å². The molecule has 2 rings (SSSR count). The second kappa shape index (κ2) is 6.76. The van der Waals surface area contributed by atoms with Crippen LogP contribution in [0, 0.1) is 23.2 Å². The molecule has 0 spiro atoms. The van der Waals surface area contributed by atoms with Gasteiger partial charge >= 0.3 is 5.97 Å². The number of nitriles is 1. The lowest BCUT2D eigenvalue weighted by Crippen LogP contribution is -2.73. The Morgan fingerprint density at radius 1 is 1.38 bits per heavy atom. The molecule has 0 aromatic heterocycles. The van der Waals surface area contributed by atoms with Crippen molar-refractivity contribution >= 4 is 35.0 Å². The summed E-state index contributed by atoms with van der Waals surface area (Å²) in [5.41, 5.74) is -1.54. The molecule has 0 saturated carbocycles. The maximum absolute atomic E-state index is 12.8. The molecule has 1 heterocycles. The molecule has 0 radical (unpaired) electrons. The molecular weight excluding hydrogens is 330 g/mol. The Hall–Kier alpha value is -2.79. The molecule has 7 nitrogen and oxygen atoms in total. The predicted molar refractivity (Wildman–Crippen MR) is 87.7 cm³/mol. The number of thiocarbonyl (C=S) groups is 1. The molecule has 1 saturated heterocycles. The monoisotopic (exact) mass is 345 g/mol. The molecule has 1 amide bonds. The summed E-state index contributed by atoms with van der Waals surface area (Å²) in [4.78, 5) is 37.5. The summed E-state index contributed by atoms with van der Waals surface area (Å²) in [7, 11) is 1.12. The number of esters is 1. The van der Waals surface area contributed by atoms with E-state index in [4.69, 9.17) is 17.0 Å². The molecule has 1 aliphatic heterocycles. The van der Waals surface area contributed by atoms with Gasteiger partial charge in [-0.2, -0.15) is 5.26 Å². The Morgan fingerprint density at radius 2 is 2.00 bits per heavy atom. The van der Waals surface area contributed by atoms with Gasteiger partial charge in [-0.05, 0) is 12.2 Å². The lowest BCUT2D eigenvalue weighted by molar-refractivity contribution is -0.154. The van der Waals surface area contributed by atoms with E-state index in [1.54, 1.807) is 36.4 Å². The molecular formula is C16H15N3O4S. The molecule has 0 bridgehead atoms. The molecule has 124 valence electrons. The van der Waals surface area contributed by atoms with E-state index >= 15 is 0 Å². The number of hydrogen-bond acceptors (Lipinski definition) is 6. The van der Waals surface area contributed by atoms with Gasteiger partial charge in [0, 0.05) is 5.56 Å². The average molecular weight is 345 g/mol. The summed E-state index contributed by atoms with van der Waals surface area (Å²) in [5.74, 6) is -4.60. The summed E-state index contributed by atoms with van der Waals surface area (Å²) in [6.45, 7) is 1.46. The number of ether oxygens (including phenoxy) is 1. The lowest BCUT2D eigenvalue weighted by atomic mass is 9.70. The third-order valence-electron chi connectivity index (χ3n) is 4.06. The molecule has 8 heteroatoms. The quantitative estimate of drug-likeness (QED) is 0.466. The summed E-state index contributed by atoms with van der Waals surface area (Å²) in [6.07, 6.45) is 0. The second-order valence-corrected chi connectivity index (χ2v) is 5.73. The minimum Gasteiger partial charge on any atom is -0.467 e. The van der Waals surface area contributed by atoms with E-state index in [0.29, 0.717) is 5.56 Å². The Labute approximate surface area is 144 Å². The fourth-order valence-corrected chi connectivity index (χ4v) is 3.04. The Morgan fingerprint density at radius 3 is 2.54 bits per heavy atom. The summed E-state index contributed by atoms with van der Waals surface area (Å²) in [5, 5.41) is 14.2. The number of rotatable bonds is 4. The SMILES string of the molecule is COC(=O)[C@@]1([C@H](C)C(=O)c2ccccc2)NC(=S)NC(=O)[C@H]1C#N. The Balaban J connectivity index is 2.57. The molecule has 1 aromatic carbocycles. The van der Waals surface area contributed by atoms with Crippen LogP contribution in [0.4, 0.5) is 0 Å². The van der Waals surface area contributed by atoms with Crippen molar-refractivity contribution < 1.29 is 19.1 Å². The summed E-state index contributed by atoms with van der Waals surface area (Å²) >= 11 is 4.95. The van der Waals surface area contributed by atoms with Gasteiger partial charge < -0.3 is 15.4 Å². The van der Waals surface area contributed by atoms with Crippen LogP contribution in [-0.2, 0) is 14.3 Å². The first-order chi connectivity index (χ1) is 11.4. The number of amides is 1. The fraction of sp³-hybridized carbons (Fsp3) is 0.312. The van der Waals surface area contributed by atoms with Crippen molar-refractivity contribution in [2.24, 2.45) is 11.8 Å². The molecule has 1 fully saturated rings. The topological polar surface area (TPSA) is 108 Å². The summed E-state index contributed by atoms with van der Waals surface area (Å²) in [6, 6.07) is 10.1. The highest BCUT2D eigenvalue weighted by molar-refractivity contribution is 7.80. The third-order valence-corrected chi connectivity index (χ3v) is 4.27. The Kier molecular flexibility index (Phi) is 4.95. The number of ketones is 1. The smallest absolute Gasteiger partial charge is 0.334 e. The van der Waals surface area contributed by atoms with Crippen molar-refractivity contribution in [3.63, 3.8) is 0 Å². The maximum Gasteiger partial charge on any atom is 0.334 e. The van der Waals surface area contributed by atoms with Crippen LogP contribution < -0.4 is 10.6 Å². The number of hydrogen-bond donors (Lipinski definition) is 2. The number of methoxy groups -OCH3 is 1. The predicted octanol–water partition coefficient (Wildman–Crippen LogP) is 0.561. The highest BCUT2D eigenvalue weighted by atomic mass is 32.1. The van der Waals surface area contributed by atoms with Crippen LogP contribution in [0.25, 0.3) is 0 Å². The van der Waals surface area contributed by atoms with Crippen LogP contribution in [-0.4, -0.2) is 35.4 Å². The number of carbonyl (C=O) groups excluding carboxylic acids is 3. The van der Waals surface area contributed by atoms with Crippen LogP contribution >= 0.6 is 12.2 Å². The molecule has 3 atom stereocenters. The van der Waals surface area contributed by atoms with Gasteiger partial charge in [-0.1, -0.05) is 37.3 Å². The number of carbonyl (C=O) groups is 3. The number of Topliss-reactive ketones (excluding diaryl/α,β-unsaturated/α-hetero) is 1. The van der Waals surface area contributed by atoms with E-state index in [0.717, 1.165) is 7.11 Å². The zero-order chi connectivity index (χ0) is 17.9. The van der Waals surface area contributed by atoms with Crippen LogP contribution in [0.2, 0.25) is 0 Å². The van der Waals surface area contributed by atoms with Gasteiger partial charge in [0.15, 0.2) is 22.4 Å². The first kappa shape index (κ1) is 17.6.